The molecule has 1 aromatic carbocycles. The van der Waals surface area contributed by atoms with Crippen LogP contribution in [0.15, 0.2) is 29.1 Å². The fraction of sp³-hybridized carbons (Fsp3) is 0.0833. The van der Waals surface area contributed by atoms with E-state index in [1.165, 1.54) is 0 Å². The summed E-state index contributed by atoms with van der Waals surface area (Å²) in [6.45, 7) is 0.473. The lowest BCUT2D eigenvalue weighted by Gasteiger charge is -2.07. The van der Waals surface area contributed by atoms with Gasteiger partial charge in [-0.25, -0.2) is 4.98 Å². The third kappa shape index (κ3) is 2.47. The largest absolute Gasteiger partial charge is 0.378 e. The minimum absolute atomic E-state index is 0.139. The van der Waals surface area contributed by atoms with Gasteiger partial charge in [-0.3, -0.25) is 10.1 Å². The maximum Gasteiger partial charge on any atom is 0.324 e. The van der Waals surface area contributed by atoms with Crippen molar-refractivity contribution >= 4 is 55.2 Å². The summed E-state index contributed by atoms with van der Waals surface area (Å²) in [5.74, 6) is 0. The molecular formula is C12H8ClN3O2S2. The summed E-state index contributed by atoms with van der Waals surface area (Å²) in [6, 6.07) is 5.31. The van der Waals surface area contributed by atoms with E-state index >= 15 is 0 Å². The van der Waals surface area contributed by atoms with Crippen LogP contribution in [-0.4, -0.2) is 9.91 Å². The van der Waals surface area contributed by atoms with Gasteiger partial charge in [-0.05, 0) is 17.7 Å². The Kier molecular flexibility index (Phi) is 3.56. The van der Waals surface area contributed by atoms with Gasteiger partial charge >= 0.3 is 5.00 Å². The highest BCUT2D eigenvalue weighted by Crippen LogP contribution is 2.33. The van der Waals surface area contributed by atoms with E-state index in [0.717, 1.165) is 32.8 Å². The molecule has 2 aromatic heterocycles. The van der Waals surface area contributed by atoms with E-state index in [1.54, 1.807) is 28.3 Å². The molecule has 0 fully saturated rings. The number of nitro groups is 1. The van der Waals surface area contributed by atoms with E-state index in [-0.39, 0.29) is 9.92 Å². The zero-order valence-electron chi connectivity index (χ0n) is 10.00. The topological polar surface area (TPSA) is 68.1 Å². The Morgan fingerprint density at radius 1 is 1.40 bits per heavy atom. The Morgan fingerprint density at radius 2 is 2.25 bits per heavy atom. The molecule has 0 aliphatic carbocycles. The quantitative estimate of drug-likeness (QED) is 0.565. The number of anilines is 1. The number of thiophene rings is 1. The van der Waals surface area contributed by atoms with E-state index in [9.17, 15) is 10.1 Å². The molecule has 0 unspecified atom stereocenters. The van der Waals surface area contributed by atoms with E-state index in [2.05, 4.69) is 10.3 Å². The summed E-state index contributed by atoms with van der Waals surface area (Å²) in [5.41, 5.74) is 4.21. The van der Waals surface area contributed by atoms with Crippen LogP contribution in [0.3, 0.4) is 0 Å². The molecule has 5 nitrogen and oxygen atoms in total. The average Bonchev–Trinajstić information content (AvgIpc) is 3.05. The fourth-order valence-corrected chi connectivity index (χ4v) is 3.45. The molecule has 0 radical (unpaired) electrons. The van der Waals surface area contributed by atoms with Gasteiger partial charge in [-0.1, -0.05) is 22.9 Å². The lowest BCUT2D eigenvalue weighted by atomic mass is 10.2. The van der Waals surface area contributed by atoms with Gasteiger partial charge < -0.3 is 5.32 Å². The molecule has 102 valence electrons. The molecule has 2 heterocycles. The number of nitrogens with zero attached hydrogens (tertiary/aromatic N) is 2. The van der Waals surface area contributed by atoms with E-state index in [4.69, 9.17) is 11.6 Å². The SMILES string of the molecule is O=[N+]([O-])c1cc(CNc2c(Cl)ccc3scnc23)cs1. The molecule has 0 aliphatic rings. The second-order valence-electron chi connectivity index (χ2n) is 4.03. The van der Waals surface area contributed by atoms with Crippen molar-refractivity contribution < 1.29 is 4.92 Å². The second-order valence-corrected chi connectivity index (χ2v) is 6.21. The Morgan fingerprint density at radius 3 is 3.00 bits per heavy atom. The van der Waals surface area contributed by atoms with Crippen molar-refractivity contribution in [2.45, 2.75) is 6.54 Å². The number of halogens is 1. The fourth-order valence-electron chi connectivity index (χ4n) is 1.82. The Bertz CT molecular complexity index is 784. The first kappa shape index (κ1) is 13.3. The summed E-state index contributed by atoms with van der Waals surface area (Å²) in [6.07, 6.45) is 0. The highest BCUT2D eigenvalue weighted by molar-refractivity contribution is 7.16. The van der Waals surface area contributed by atoms with E-state index < -0.39 is 0 Å². The zero-order chi connectivity index (χ0) is 14.1. The van der Waals surface area contributed by atoms with Crippen molar-refractivity contribution in [2.24, 2.45) is 0 Å². The monoisotopic (exact) mass is 325 g/mol. The van der Waals surface area contributed by atoms with Gasteiger partial charge in [0.2, 0.25) is 0 Å². The van der Waals surface area contributed by atoms with E-state index in [0.29, 0.717) is 11.6 Å². The molecule has 3 aromatic rings. The highest BCUT2D eigenvalue weighted by atomic mass is 35.5. The number of benzene rings is 1. The Labute approximate surface area is 127 Å². The van der Waals surface area contributed by atoms with Crippen LogP contribution in [0.4, 0.5) is 10.7 Å². The number of nitrogens with one attached hydrogen (secondary N) is 1. The van der Waals surface area contributed by atoms with Gasteiger partial charge in [0.15, 0.2) is 0 Å². The number of fused-ring (bicyclic) bond motifs is 1. The molecule has 20 heavy (non-hydrogen) atoms. The normalized spacial score (nSPS) is 10.8. The zero-order valence-corrected chi connectivity index (χ0v) is 12.4. The molecule has 8 heteroatoms. The summed E-state index contributed by atoms with van der Waals surface area (Å²) in [4.78, 5) is 14.6. The van der Waals surface area contributed by atoms with Gasteiger partial charge in [0.05, 0.1) is 25.8 Å². The van der Waals surface area contributed by atoms with Crippen LogP contribution in [0.25, 0.3) is 10.2 Å². The first-order valence-corrected chi connectivity index (χ1v) is 7.76. The maximum absolute atomic E-state index is 10.6. The molecule has 3 rings (SSSR count). The molecule has 0 bridgehead atoms. The first-order valence-electron chi connectivity index (χ1n) is 5.62. The Balaban J connectivity index is 1.84. The molecule has 0 amide bonds. The van der Waals surface area contributed by atoms with Crippen LogP contribution in [-0.2, 0) is 6.54 Å². The number of thiazole rings is 1. The molecule has 0 atom stereocenters. The second kappa shape index (κ2) is 5.35. The maximum atomic E-state index is 10.6. The van der Waals surface area contributed by atoms with E-state index in [1.807, 2.05) is 12.1 Å². The highest BCUT2D eigenvalue weighted by Gasteiger charge is 2.12. The van der Waals surface area contributed by atoms with Gasteiger partial charge in [0.1, 0.15) is 5.52 Å². The predicted octanol–water partition coefficient (Wildman–Crippen LogP) is 4.53. The molecular weight excluding hydrogens is 318 g/mol. The van der Waals surface area contributed by atoms with Crippen molar-refractivity contribution in [1.82, 2.24) is 4.98 Å². The number of hydrogen-bond acceptors (Lipinski definition) is 6. The third-order valence-electron chi connectivity index (χ3n) is 2.74. The van der Waals surface area contributed by atoms with Crippen molar-refractivity contribution in [3.8, 4) is 0 Å². The van der Waals surface area contributed by atoms with Crippen LogP contribution in [0.5, 0.6) is 0 Å². The summed E-state index contributed by atoms with van der Waals surface area (Å²) in [5, 5.41) is 16.3. The van der Waals surface area contributed by atoms with Crippen molar-refractivity contribution in [2.75, 3.05) is 5.32 Å². The van der Waals surface area contributed by atoms with Crippen LogP contribution in [0.2, 0.25) is 5.02 Å². The van der Waals surface area contributed by atoms with Crippen molar-refractivity contribution in [3.63, 3.8) is 0 Å². The van der Waals surface area contributed by atoms with Gasteiger partial charge in [0.25, 0.3) is 0 Å². The summed E-state index contributed by atoms with van der Waals surface area (Å²) < 4.78 is 1.05. The Hall–Kier alpha value is -1.70. The van der Waals surface area contributed by atoms with Gasteiger partial charge in [0, 0.05) is 18.0 Å². The minimum atomic E-state index is -0.387. The predicted molar refractivity (Wildman–Crippen MR) is 82.9 cm³/mol. The van der Waals surface area contributed by atoms with Crippen LogP contribution < -0.4 is 5.32 Å². The number of hydrogen-bond donors (Lipinski definition) is 1. The smallest absolute Gasteiger partial charge is 0.324 e. The first-order chi connectivity index (χ1) is 9.65. The number of aromatic nitrogens is 1. The lowest BCUT2D eigenvalue weighted by Crippen LogP contribution is -1.99. The standard InChI is InChI=1S/C12H8ClN3O2S2/c13-8-1-2-9-12(15-6-20-9)11(8)14-4-7-3-10(16(17)18)19-5-7/h1-3,5-6,14H,4H2. The minimum Gasteiger partial charge on any atom is -0.378 e. The van der Waals surface area contributed by atoms with Crippen LogP contribution in [0.1, 0.15) is 5.56 Å². The van der Waals surface area contributed by atoms with Crippen molar-refractivity contribution in [3.05, 3.63) is 49.8 Å². The lowest BCUT2D eigenvalue weighted by molar-refractivity contribution is -0.380. The molecule has 1 N–H and O–H groups in total. The molecule has 0 aliphatic heterocycles. The van der Waals surface area contributed by atoms with Crippen LogP contribution in [0, 0.1) is 10.1 Å². The van der Waals surface area contributed by atoms with Gasteiger partial charge in [-0.2, -0.15) is 0 Å². The third-order valence-corrected chi connectivity index (χ3v) is 4.78. The van der Waals surface area contributed by atoms with Crippen molar-refractivity contribution in [1.29, 1.82) is 0 Å². The summed E-state index contributed by atoms with van der Waals surface area (Å²) >= 11 is 8.84. The average molecular weight is 326 g/mol. The molecule has 0 saturated heterocycles. The summed E-state index contributed by atoms with van der Waals surface area (Å²) in [7, 11) is 0. The van der Waals surface area contributed by atoms with Crippen LogP contribution >= 0.6 is 34.3 Å². The molecule has 0 saturated carbocycles. The van der Waals surface area contributed by atoms with Gasteiger partial charge in [-0.15, -0.1) is 11.3 Å². The number of rotatable bonds is 4. The molecule has 0 spiro atoms.